The molecule has 0 aromatic heterocycles. The largest absolute Gasteiger partial charge is 0.481 e. The van der Waals surface area contributed by atoms with Crippen LogP contribution < -0.4 is 5.32 Å². The van der Waals surface area contributed by atoms with Crippen LogP contribution in [-0.2, 0) is 9.59 Å². The van der Waals surface area contributed by atoms with E-state index in [0.29, 0.717) is 5.75 Å². The third-order valence-corrected chi connectivity index (χ3v) is 3.86. The molecule has 0 saturated carbocycles. The average Bonchev–Trinajstić information content (AvgIpc) is 2.33. The molecule has 104 valence electrons. The normalized spacial score (nSPS) is 11.9. The number of hydrogen-bond donors (Lipinski definition) is 2. The van der Waals surface area contributed by atoms with Gasteiger partial charge in [0.25, 0.3) is 0 Å². The maximum Gasteiger partial charge on any atom is 0.304 e. The number of thioether (sulfide) groups is 1. The Labute approximate surface area is 117 Å². The quantitative estimate of drug-likeness (QED) is 0.841. The highest BCUT2D eigenvalue weighted by atomic mass is 32.2. The highest BCUT2D eigenvalue weighted by Crippen LogP contribution is 2.19. The topological polar surface area (TPSA) is 66.4 Å². The number of rotatable bonds is 6. The van der Waals surface area contributed by atoms with Crippen LogP contribution in [0.1, 0.15) is 24.5 Å². The number of carbonyl (C=O) groups is 2. The summed E-state index contributed by atoms with van der Waals surface area (Å²) < 4.78 is 0. The lowest BCUT2D eigenvalue weighted by Crippen LogP contribution is -2.23. The van der Waals surface area contributed by atoms with Crippen molar-refractivity contribution in [3.8, 4) is 0 Å². The smallest absolute Gasteiger partial charge is 0.304 e. The molecule has 4 nitrogen and oxygen atoms in total. The number of carbonyl (C=O) groups excluding carboxylic acids is 1. The summed E-state index contributed by atoms with van der Waals surface area (Å²) in [6.45, 7) is 5.70. The summed E-state index contributed by atoms with van der Waals surface area (Å²) >= 11 is 1.35. The molecule has 0 heterocycles. The van der Waals surface area contributed by atoms with Crippen molar-refractivity contribution < 1.29 is 14.7 Å². The third kappa shape index (κ3) is 5.34. The van der Waals surface area contributed by atoms with Gasteiger partial charge in [0.15, 0.2) is 0 Å². The van der Waals surface area contributed by atoms with E-state index in [2.05, 4.69) is 5.32 Å². The Morgan fingerprint density at radius 2 is 2.05 bits per heavy atom. The van der Waals surface area contributed by atoms with E-state index in [1.807, 2.05) is 32.0 Å². The summed E-state index contributed by atoms with van der Waals surface area (Å²) in [5, 5.41) is 11.2. The van der Waals surface area contributed by atoms with Gasteiger partial charge in [-0.15, -0.1) is 11.8 Å². The molecular weight excluding hydrogens is 262 g/mol. The number of aliphatic carboxylic acids is 1. The van der Waals surface area contributed by atoms with Crippen LogP contribution in [0.15, 0.2) is 18.2 Å². The van der Waals surface area contributed by atoms with E-state index in [-0.39, 0.29) is 17.6 Å². The van der Waals surface area contributed by atoms with Gasteiger partial charge in [-0.3, -0.25) is 9.59 Å². The van der Waals surface area contributed by atoms with Crippen molar-refractivity contribution in [1.29, 1.82) is 0 Å². The molecular formula is C14H19NO3S. The number of aryl methyl sites for hydroxylation is 2. The third-order valence-electron chi connectivity index (χ3n) is 2.70. The van der Waals surface area contributed by atoms with Crippen LogP contribution >= 0.6 is 11.8 Å². The van der Waals surface area contributed by atoms with Crippen molar-refractivity contribution in [2.75, 3.05) is 11.1 Å². The first-order chi connectivity index (χ1) is 8.90. The zero-order valence-corrected chi connectivity index (χ0v) is 12.2. The molecule has 0 aliphatic carbocycles. The molecule has 2 N–H and O–H groups in total. The highest BCUT2D eigenvalue weighted by Gasteiger charge is 2.14. The van der Waals surface area contributed by atoms with E-state index in [4.69, 9.17) is 5.11 Å². The predicted octanol–water partition coefficient (Wildman–Crippen LogP) is 2.84. The monoisotopic (exact) mass is 281 g/mol. The Balaban J connectivity index is 2.54. The molecule has 1 aromatic rings. The van der Waals surface area contributed by atoms with Crippen LogP contribution in [0.3, 0.4) is 0 Å². The van der Waals surface area contributed by atoms with Crippen LogP contribution in [0.2, 0.25) is 0 Å². The molecule has 0 fully saturated rings. The number of nitrogens with one attached hydrogen (secondary N) is 1. The molecule has 1 aromatic carbocycles. The first kappa shape index (κ1) is 15.6. The fourth-order valence-electron chi connectivity index (χ4n) is 1.50. The Morgan fingerprint density at radius 3 is 2.68 bits per heavy atom. The molecule has 1 atom stereocenters. The summed E-state index contributed by atoms with van der Waals surface area (Å²) in [5.74, 6) is -0.491. The van der Waals surface area contributed by atoms with Gasteiger partial charge in [0.1, 0.15) is 0 Å². The number of anilines is 1. The molecule has 0 radical (unpaired) electrons. The highest BCUT2D eigenvalue weighted by molar-refractivity contribution is 8.00. The molecule has 1 amide bonds. The van der Waals surface area contributed by atoms with Crippen LogP contribution in [0.5, 0.6) is 0 Å². The second-order valence-electron chi connectivity index (χ2n) is 4.46. The summed E-state index contributed by atoms with van der Waals surface area (Å²) in [6.07, 6.45) is 0.0752. The summed E-state index contributed by atoms with van der Waals surface area (Å²) in [6, 6.07) is 5.89. The lowest BCUT2D eigenvalue weighted by molar-refractivity contribution is -0.136. The Bertz CT molecular complexity index is 474. The van der Waals surface area contributed by atoms with Gasteiger partial charge in [-0.05, 0) is 38.0 Å². The minimum atomic E-state index is -0.838. The minimum Gasteiger partial charge on any atom is -0.481 e. The molecule has 19 heavy (non-hydrogen) atoms. The van der Waals surface area contributed by atoms with Gasteiger partial charge in [0.2, 0.25) is 5.91 Å². The van der Waals surface area contributed by atoms with E-state index in [9.17, 15) is 9.59 Å². The van der Waals surface area contributed by atoms with Crippen molar-refractivity contribution in [2.24, 2.45) is 0 Å². The first-order valence-corrected chi connectivity index (χ1v) is 7.16. The van der Waals surface area contributed by atoms with Gasteiger partial charge >= 0.3 is 5.97 Å². The van der Waals surface area contributed by atoms with E-state index in [0.717, 1.165) is 16.8 Å². The number of carboxylic acid groups (broad SMARTS) is 1. The number of benzene rings is 1. The van der Waals surface area contributed by atoms with Crippen molar-refractivity contribution in [3.63, 3.8) is 0 Å². The Kier molecular flexibility index (Phi) is 5.89. The SMILES string of the molecule is Cc1ccc(C)c(NC(=O)C(C)SCCC(=O)O)c1. The molecule has 1 rings (SSSR count). The zero-order chi connectivity index (χ0) is 14.4. The van der Waals surface area contributed by atoms with Crippen molar-refractivity contribution in [2.45, 2.75) is 32.4 Å². The average molecular weight is 281 g/mol. The lowest BCUT2D eigenvalue weighted by Gasteiger charge is -2.13. The summed E-state index contributed by atoms with van der Waals surface area (Å²) in [5.41, 5.74) is 2.92. The molecule has 0 bridgehead atoms. The number of hydrogen-bond acceptors (Lipinski definition) is 3. The first-order valence-electron chi connectivity index (χ1n) is 6.11. The lowest BCUT2D eigenvalue weighted by atomic mass is 10.1. The van der Waals surface area contributed by atoms with E-state index in [1.54, 1.807) is 6.92 Å². The fourth-order valence-corrected chi connectivity index (χ4v) is 2.36. The summed E-state index contributed by atoms with van der Waals surface area (Å²) in [4.78, 5) is 22.4. The van der Waals surface area contributed by atoms with Crippen molar-refractivity contribution in [3.05, 3.63) is 29.3 Å². The predicted molar refractivity (Wildman–Crippen MR) is 78.7 cm³/mol. The van der Waals surface area contributed by atoms with Crippen molar-refractivity contribution >= 4 is 29.3 Å². The molecule has 0 aliphatic heterocycles. The van der Waals surface area contributed by atoms with Crippen LogP contribution in [0.4, 0.5) is 5.69 Å². The zero-order valence-electron chi connectivity index (χ0n) is 11.4. The van der Waals surface area contributed by atoms with Crippen LogP contribution in [-0.4, -0.2) is 28.0 Å². The minimum absolute atomic E-state index is 0.0752. The van der Waals surface area contributed by atoms with Gasteiger partial charge in [0.05, 0.1) is 11.7 Å². The fraction of sp³-hybridized carbons (Fsp3) is 0.429. The molecule has 0 aliphatic rings. The second kappa shape index (κ2) is 7.19. The van der Waals surface area contributed by atoms with Gasteiger partial charge < -0.3 is 10.4 Å². The molecule has 5 heteroatoms. The Hall–Kier alpha value is -1.49. The van der Waals surface area contributed by atoms with E-state index >= 15 is 0 Å². The van der Waals surface area contributed by atoms with E-state index < -0.39 is 5.97 Å². The van der Waals surface area contributed by atoms with Gasteiger partial charge in [0, 0.05) is 11.4 Å². The van der Waals surface area contributed by atoms with Gasteiger partial charge in [-0.1, -0.05) is 12.1 Å². The maximum atomic E-state index is 12.0. The standard InChI is InChI=1S/C14H19NO3S/c1-9-4-5-10(2)12(8-9)15-14(18)11(3)19-7-6-13(16)17/h4-5,8,11H,6-7H2,1-3H3,(H,15,18)(H,16,17). The maximum absolute atomic E-state index is 12.0. The van der Waals surface area contributed by atoms with Crippen molar-refractivity contribution in [1.82, 2.24) is 0 Å². The molecule has 0 saturated heterocycles. The second-order valence-corrected chi connectivity index (χ2v) is 5.91. The van der Waals surface area contributed by atoms with Crippen LogP contribution in [0, 0.1) is 13.8 Å². The number of carboxylic acids is 1. The summed E-state index contributed by atoms with van der Waals surface area (Å²) in [7, 11) is 0. The number of amides is 1. The van der Waals surface area contributed by atoms with Gasteiger partial charge in [-0.25, -0.2) is 0 Å². The van der Waals surface area contributed by atoms with Crippen LogP contribution in [0.25, 0.3) is 0 Å². The Morgan fingerprint density at radius 1 is 1.37 bits per heavy atom. The molecule has 0 spiro atoms. The molecule has 1 unspecified atom stereocenters. The van der Waals surface area contributed by atoms with E-state index in [1.165, 1.54) is 11.8 Å². The van der Waals surface area contributed by atoms with Gasteiger partial charge in [-0.2, -0.15) is 0 Å².